The van der Waals surface area contributed by atoms with Gasteiger partial charge in [-0.2, -0.15) is 13.2 Å². The molecule has 1 rings (SSSR count). The number of carbonyl (C=O) groups excluding carboxylic acids is 1. The van der Waals surface area contributed by atoms with Gasteiger partial charge in [-0.1, -0.05) is 0 Å². The number of rotatable bonds is 7. The van der Waals surface area contributed by atoms with Gasteiger partial charge in [-0.15, -0.1) is 0 Å². The second kappa shape index (κ2) is 7.66. The minimum absolute atomic E-state index is 0.0437. The molecule has 1 atom stereocenters. The normalized spacial score (nSPS) is 19.9. The number of alkyl halides is 3. The van der Waals surface area contributed by atoms with E-state index in [9.17, 15) is 18.0 Å². The van der Waals surface area contributed by atoms with Crippen LogP contribution in [0.5, 0.6) is 0 Å². The minimum Gasteiger partial charge on any atom is -0.395 e. The van der Waals surface area contributed by atoms with Gasteiger partial charge in [0.25, 0.3) is 0 Å². The maximum Gasteiger partial charge on any atom is 0.401 e. The molecule has 0 aromatic rings. The lowest BCUT2D eigenvalue weighted by Gasteiger charge is -2.22. The third-order valence-corrected chi connectivity index (χ3v) is 2.74. The van der Waals surface area contributed by atoms with Crippen molar-refractivity contribution in [3.8, 4) is 0 Å². The first-order chi connectivity index (χ1) is 8.90. The summed E-state index contributed by atoms with van der Waals surface area (Å²) in [6, 6.07) is 0. The zero-order chi connectivity index (χ0) is 14.3. The van der Waals surface area contributed by atoms with E-state index in [2.05, 4.69) is 5.32 Å². The third kappa shape index (κ3) is 7.34. The Bertz CT molecular complexity index is 281. The number of amides is 1. The molecule has 0 aromatic carbocycles. The van der Waals surface area contributed by atoms with Crippen LogP contribution in [0.2, 0.25) is 0 Å². The van der Waals surface area contributed by atoms with Crippen molar-refractivity contribution < 1.29 is 27.8 Å². The Labute approximate surface area is 109 Å². The highest BCUT2D eigenvalue weighted by molar-refractivity contribution is 5.78. The van der Waals surface area contributed by atoms with Crippen LogP contribution in [-0.2, 0) is 9.53 Å². The number of carbonyl (C=O) groups is 1. The van der Waals surface area contributed by atoms with E-state index in [0.29, 0.717) is 13.2 Å². The first-order valence-electron chi connectivity index (χ1n) is 6.19. The van der Waals surface area contributed by atoms with E-state index < -0.39 is 25.2 Å². The maximum atomic E-state index is 12.2. The van der Waals surface area contributed by atoms with E-state index >= 15 is 0 Å². The van der Waals surface area contributed by atoms with Gasteiger partial charge in [-0.05, 0) is 12.8 Å². The predicted octanol–water partition coefficient (Wildman–Crippen LogP) is 0.138. The summed E-state index contributed by atoms with van der Waals surface area (Å²) in [6.45, 7) is -1.22. The van der Waals surface area contributed by atoms with Gasteiger partial charge in [0.15, 0.2) is 0 Å². The first kappa shape index (κ1) is 16.2. The van der Waals surface area contributed by atoms with Crippen molar-refractivity contribution in [1.29, 1.82) is 0 Å². The molecular formula is C11H19F3N2O3. The van der Waals surface area contributed by atoms with Crippen LogP contribution >= 0.6 is 0 Å². The summed E-state index contributed by atoms with van der Waals surface area (Å²) in [4.78, 5) is 12.4. The van der Waals surface area contributed by atoms with Crippen molar-refractivity contribution in [2.75, 3.05) is 39.4 Å². The van der Waals surface area contributed by atoms with Crippen LogP contribution in [0, 0.1) is 0 Å². The lowest BCUT2D eigenvalue weighted by molar-refractivity contribution is -0.149. The third-order valence-electron chi connectivity index (χ3n) is 2.74. The molecule has 1 saturated heterocycles. The molecule has 1 aliphatic rings. The summed E-state index contributed by atoms with van der Waals surface area (Å²) in [5, 5.41) is 11.2. The number of nitrogens with zero attached hydrogens (tertiary/aromatic N) is 1. The fourth-order valence-electron chi connectivity index (χ4n) is 1.90. The Morgan fingerprint density at radius 2 is 2.21 bits per heavy atom. The van der Waals surface area contributed by atoms with Crippen LogP contribution < -0.4 is 5.32 Å². The Balaban J connectivity index is 2.29. The molecule has 0 aliphatic carbocycles. The average Bonchev–Trinajstić information content (AvgIpc) is 2.77. The van der Waals surface area contributed by atoms with E-state index in [-0.39, 0.29) is 19.2 Å². The fourth-order valence-corrected chi connectivity index (χ4v) is 1.90. The highest BCUT2D eigenvalue weighted by Crippen LogP contribution is 2.16. The first-order valence-corrected chi connectivity index (χ1v) is 6.19. The van der Waals surface area contributed by atoms with Crippen molar-refractivity contribution in [2.24, 2.45) is 0 Å². The number of halogens is 3. The van der Waals surface area contributed by atoms with Gasteiger partial charge in [0.2, 0.25) is 5.91 Å². The Morgan fingerprint density at radius 1 is 1.47 bits per heavy atom. The molecule has 112 valence electrons. The van der Waals surface area contributed by atoms with Gasteiger partial charge < -0.3 is 15.2 Å². The number of hydrogen-bond acceptors (Lipinski definition) is 4. The monoisotopic (exact) mass is 284 g/mol. The summed E-state index contributed by atoms with van der Waals surface area (Å²) in [7, 11) is 0. The number of nitrogens with one attached hydrogen (secondary N) is 1. The topological polar surface area (TPSA) is 61.8 Å². The van der Waals surface area contributed by atoms with Crippen molar-refractivity contribution in [3.63, 3.8) is 0 Å². The summed E-state index contributed by atoms with van der Waals surface area (Å²) in [5.41, 5.74) is 0. The highest BCUT2D eigenvalue weighted by atomic mass is 19.4. The van der Waals surface area contributed by atoms with Crippen LogP contribution in [0.4, 0.5) is 13.2 Å². The molecule has 1 fully saturated rings. The van der Waals surface area contributed by atoms with Crippen LogP contribution in [-0.4, -0.2) is 67.6 Å². The van der Waals surface area contributed by atoms with Crippen molar-refractivity contribution in [3.05, 3.63) is 0 Å². The summed E-state index contributed by atoms with van der Waals surface area (Å²) < 4.78 is 42.0. The molecule has 8 heteroatoms. The molecule has 1 heterocycles. The molecule has 0 bridgehead atoms. The highest BCUT2D eigenvalue weighted by Gasteiger charge is 2.31. The largest absolute Gasteiger partial charge is 0.401 e. The van der Waals surface area contributed by atoms with Gasteiger partial charge >= 0.3 is 6.18 Å². The summed E-state index contributed by atoms with van der Waals surface area (Å²) in [5.74, 6) is -0.492. The SMILES string of the molecule is O=C(CN(CCO)CC(F)(F)F)NCC1CCCO1. The molecule has 0 aromatic heterocycles. The Hall–Kier alpha value is -0.860. The van der Waals surface area contributed by atoms with Crippen molar-refractivity contribution >= 4 is 5.91 Å². The van der Waals surface area contributed by atoms with Gasteiger partial charge in [-0.25, -0.2) is 0 Å². The minimum atomic E-state index is -4.38. The van der Waals surface area contributed by atoms with Gasteiger partial charge in [0, 0.05) is 19.7 Å². The van der Waals surface area contributed by atoms with Crippen molar-refractivity contribution in [1.82, 2.24) is 10.2 Å². The Kier molecular flexibility index (Phi) is 6.53. The fraction of sp³-hybridized carbons (Fsp3) is 0.909. The maximum absolute atomic E-state index is 12.2. The zero-order valence-corrected chi connectivity index (χ0v) is 10.6. The smallest absolute Gasteiger partial charge is 0.395 e. The van der Waals surface area contributed by atoms with E-state index in [1.54, 1.807) is 0 Å². The predicted molar refractivity (Wildman–Crippen MR) is 61.6 cm³/mol. The molecule has 0 radical (unpaired) electrons. The second-order valence-corrected chi connectivity index (χ2v) is 4.49. The molecule has 0 spiro atoms. The van der Waals surface area contributed by atoms with Gasteiger partial charge in [-0.3, -0.25) is 9.69 Å². The second-order valence-electron chi connectivity index (χ2n) is 4.49. The number of ether oxygens (including phenoxy) is 1. The standard InChI is InChI=1S/C11H19F3N2O3/c12-11(13,14)8-16(3-4-17)7-10(18)15-6-9-2-1-5-19-9/h9,17H,1-8H2,(H,15,18). The van der Waals surface area contributed by atoms with E-state index in [1.165, 1.54) is 0 Å². The van der Waals surface area contributed by atoms with E-state index in [4.69, 9.17) is 9.84 Å². The van der Waals surface area contributed by atoms with Crippen LogP contribution in [0.15, 0.2) is 0 Å². The van der Waals surface area contributed by atoms with E-state index in [1.807, 2.05) is 0 Å². The summed E-state index contributed by atoms with van der Waals surface area (Å²) in [6.07, 6.45) is -2.64. The lowest BCUT2D eigenvalue weighted by Crippen LogP contribution is -2.44. The molecule has 1 amide bonds. The molecule has 19 heavy (non-hydrogen) atoms. The molecular weight excluding hydrogens is 265 g/mol. The van der Waals surface area contributed by atoms with Crippen molar-refractivity contribution in [2.45, 2.75) is 25.1 Å². The number of aliphatic hydroxyl groups is 1. The average molecular weight is 284 g/mol. The molecule has 5 nitrogen and oxygen atoms in total. The van der Waals surface area contributed by atoms with E-state index in [0.717, 1.165) is 17.7 Å². The van der Waals surface area contributed by atoms with Gasteiger partial charge in [0.1, 0.15) is 0 Å². The number of aliphatic hydroxyl groups excluding tert-OH is 1. The summed E-state index contributed by atoms with van der Waals surface area (Å²) >= 11 is 0. The van der Waals surface area contributed by atoms with Crippen LogP contribution in [0.1, 0.15) is 12.8 Å². The quantitative estimate of drug-likeness (QED) is 0.698. The molecule has 0 saturated carbocycles. The van der Waals surface area contributed by atoms with Gasteiger partial charge in [0.05, 0.1) is 25.8 Å². The van der Waals surface area contributed by atoms with Crippen LogP contribution in [0.3, 0.4) is 0 Å². The molecule has 1 aliphatic heterocycles. The molecule has 2 N–H and O–H groups in total. The lowest BCUT2D eigenvalue weighted by atomic mass is 10.2. The number of hydrogen-bond donors (Lipinski definition) is 2. The Morgan fingerprint density at radius 3 is 2.74 bits per heavy atom. The molecule has 1 unspecified atom stereocenters. The zero-order valence-electron chi connectivity index (χ0n) is 10.6. The van der Waals surface area contributed by atoms with Crippen LogP contribution in [0.25, 0.3) is 0 Å².